The molecular weight excluding hydrogens is 496 g/mol. The van der Waals surface area contributed by atoms with E-state index in [1.807, 2.05) is 57.2 Å². The Labute approximate surface area is 203 Å². The van der Waals surface area contributed by atoms with Crippen LogP contribution in [0.3, 0.4) is 0 Å². The molecule has 2 aromatic rings. The van der Waals surface area contributed by atoms with E-state index < -0.39 is 5.60 Å². The van der Waals surface area contributed by atoms with Crippen LogP contribution in [0.2, 0.25) is 5.02 Å². The summed E-state index contributed by atoms with van der Waals surface area (Å²) in [6.07, 6.45) is -0.251. The van der Waals surface area contributed by atoms with Crippen LogP contribution in [0.25, 0.3) is 0 Å². The van der Waals surface area contributed by atoms with Gasteiger partial charge in [0.25, 0.3) is 0 Å². The van der Waals surface area contributed by atoms with Gasteiger partial charge in [-0.05, 0) is 56.2 Å². The van der Waals surface area contributed by atoms with Gasteiger partial charge in [0, 0.05) is 47.2 Å². The highest BCUT2D eigenvalue weighted by Gasteiger charge is 2.33. The summed E-state index contributed by atoms with van der Waals surface area (Å²) in [5.74, 6) is 1.11. The highest BCUT2D eigenvalue weighted by molar-refractivity contribution is 9.10. The number of amides is 1. The van der Waals surface area contributed by atoms with Gasteiger partial charge in [-0.2, -0.15) is 0 Å². The number of aliphatic hydroxyl groups is 1. The van der Waals surface area contributed by atoms with Gasteiger partial charge in [0.1, 0.15) is 18.0 Å². The van der Waals surface area contributed by atoms with Crippen molar-refractivity contribution in [1.82, 2.24) is 10.2 Å². The monoisotopic (exact) mass is 524 g/mol. The van der Waals surface area contributed by atoms with Crippen LogP contribution in [0.1, 0.15) is 37.5 Å². The molecule has 2 aromatic carbocycles. The molecule has 0 unspecified atom stereocenters. The summed E-state index contributed by atoms with van der Waals surface area (Å²) in [6, 6.07) is 11.4. The van der Waals surface area contributed by atoms with Gasteiger partial charge in [-0.1, -0.05) is 39.7 Å². The van der Waals surface area contributed by atoms with Crippen molar-refractivity contribution in [2.45, 2.75) is 46.1 Å². The molecule has 1 saturated heterocycles. The van der Waals surface area contributed by atoms with E-state index >= 15 is 0 Å². The number of benzene rings is 2. The van der Waals surface area contributed by atoms with Gasteiger partial charge >= 0.3 is 6.09 Å². The van der Waals surface area contributed by atoms with Crippen molar-refractivity contribution in [3.63, 3.8) is 0 Å². The van der Waals surface area contributed by atoms with Crippen molar-refractivity contribution < 1.29 is 19.4 Å². The van der Waals surface area contributed by atoms with Crippen LogP contribution >= 0.6 is 27.5 Å². The Morgan fingerprint density at radius 3 is 2.59 bits per heavy atom. The lowest BCUT2D eigenvalue weighted by atomic mass is 10.0. The average molecular weight is 526 g/mol. The SMILES string of the molecule is CC(C)(C)OC(=O)N1CC(CNCc2cc(CO)cc(OCc3ccc(Cl)cc3Br)c2)C1. The molecule has 8 heteroatoms. The summed E-state index contributed by atoms with van der Waals surface area (Å²) in [7, 11) is 0. The number of aliphatic hydroxyl groups excluding tert-OH is 1. The molecule has 1 fully saturated rings. The number of nitrogens with one attached hydrogen (secondary N) is 1. The molecule has 1 amide bonds. The van der Waals surface area contributed by atoms with Gasteiger partial charge in [-0.25, -0.2) is 4.79 Å². The van der Waals surface area contributed by atoms with Crippen LogP contribution in [-0.2, 0) is 24.5 Å². The zero-order valence-electron chi connectivity index (χ0n) is 18.7. The Balaban J connectivity index is 1.48. The Bertz CT molecular complexity index is 942. The summed E-state index contributed by atoms with van der Waals surface area (Å²) < 4.78 is 12.3. The van der Waals surface area contributed by atoms with Crippen LogP contribution < -0.4 is 10.1 Å². The van der Waals surface area contributed by atoms with E-state index in [0.29, 0.717) is 42.9 Å². The highest BCUT2D eigenvalue weighted by atomic mass is 79.9. The Hall–Kier alpha value is -1.80. The average Bonchev–Trinajstić information content (AvgIpc) is 2.67. The van der Waals surface area contributed by atoms with Crippen molar-refractivity contribution in [2.75, 3.05) is 19.6 Å². The van der Waals surface area contributed by atoms with Crippen LogP contribution in [0.5, 0.6) is 5.75 Å². The van der Waals surface area contributed by atoms with E-state index in [0.717, 1.165) is 27.7 Å². The number of rotatable bonds is 8. The van der Waals surface area contributed by atoms with Gasteiger partial charge in [0.05, 0.1) is 6.61 Å². The van der Waals surface area contributed by atoms with E-state index in [2.05, 4.69) is 21.2 Å². The summed E-state index contributed by atoms with van der Waals surface area (Å²) in [5.41, 5.74) is 2.35. The maximum Gasteiger partial charge on any atom is 0.410 e. The predicted octanol–water partition coefficient (Wildman–Crippen LogP) is 5.13. The molecule has 174 valence electrons. The van der Waals surface area contributed by atoms with Gasteiger partial charge in [0.15, 0.2) is 0 Å². The van der Waals surface area contributed by atoms with Crippen molar-refractivity contribution in [3.05, 3.63) is 62.6 Å². The Kier molecular flexibility index (Phi) is 8.44. The molecule has 1 aliphatic heterocycles. The van der Waals surface area contributed by atoms with E-state index in [-0.39, 0.29) is 12.7 Å². The number of hydrogen-bond donors (Lipinski definition) is 2. The first-order chi connectivity index (χ1) is 15.1. The lowest BCUT2D eigenvalue weighted by molar-refractivity contribution is -0.000802. The topological polar surface area (TPSA) is 71.0 Å². The molecule has 1 heterocycles. The fraction of sp³-hybridized carbons (Fsp3) is 0.458. The van der Waals surface area contributed by atoms with Gasteiger partial charge in [-0.3, -0.25) is 0 Å². The number of carbonyl (C=O) groups excluding carboxylic acids is 1. The molecule has 0 saturated carbocycles. The summed E-state index contributed by atoms with van der Waals surface area (Å²) >= 11 is 9.50. The lowest BCUT2D eigenvalue weighted by Crippen LogP contribution is -2.54. The third-order valence-corrected chi connectivity index (χ3v) is 5.96. The van der Waals surface area contributed by atoms with E-state index in [9.17, 15) is 9.90 Å². The second-order valence-electron chi connectivity index (χ2n) is 9.05. The molecular formula is C24H30BrClN2O4. The maximum atomic E-state index is 12.0. The van der Waals surface area contributed by atoms with E-state index in [1.165, 1.54) is 0 Å². The summed E-state index contributed by atoms with van der Waals surface area (Å²) in [6.45, 7) is 8.80. The van der Waals surface area contributed by atoms with Crippen molar-refractivity contribution >= 4 is 33.6 Å². The smallest absolute Gasteiger partial charge is 0.410 e. The fourth-order valence-electron chi connectivity index (χ4n) is 3.40. The maximum absolute atomic E-state index is 12.0. The molecule has 0 atom stereocenters. The summed E-state index contributed by atoms with van der Waals surface area (Å²) in [5, 5.41) is 13.7. The molecule has 32 heavy (non-hydrogen) atoms. The second-order valence-corrected chi connectivity index (χ2v) is 10.3. The molecule has 3 rings (SSSR count). The highest BCUT2D eigenvalue weighted by Crippen LogP contribution is 2.25. The molecule has 0 aliphatic carbocycles. The number of halogens is 2. The van der Waals surface area contributed by atoms with Gasteiger partial charge in [0.2, 0.25) is 0 Å². The second kappa shape index (κ2) is 10.9. The minimum Gasteiger partial charge on any atom is -0.489 e. The van der Waals surface area contributed by atoms with Crippen LogP contribution in [0.15, 0.2) is 40.9 Å². The first kappa shape index (κ1) is 24.8. The number of hydrogen-bond acceptors (Lipinski definition) is 5. The third-order valence-electron chi connectivity index (χ3n) is 4.99. The van der Waals surface area contributed by atoms with Crippen LogP contribution in [0, 0.1) is 5.92 Å². The quantitative estimate of drug-likeness (QED) is 0.500. The largest absolute Gasteiger partial charge is 0.489 e. The molecule has 1 aliphatic rings. The molecule has 0 spiro atoms. The number of carbonyl (C=O) groups is 1. The van der Waals surface area contributed by atoms with Crippen LogP contribution in [0.4, 0.5) is 4.79 Å². The van der Waals surface area contributed by atoms with Gasteiger partial charge < -0.3 is 24.8 Å². The molecule has 2 N–H and O–H groups in total. The zero-order valence-corrected chi connectivity index (χ0v) is 21.0. The van der Waals surface area contributed by atoms with Crippen molar-refractivity contribution in [1.29, 1.82) is 0 Å². The standard InChI is InChI=1S/C24H30BrClN2O4/c1-24(2,3)32-23(30)28-12-18(13-28)11-27-10-16-6-17(14-29)8-21(7-16)31-15-19-4-5-20(26)9-22(19)25/h4-9,18,27,29H,10-15H2,1-3H3. The number of ether oxygens (including phenoxy) is 2. The van der Waals surface area contributed by atoms with E-state index in [4.69, 9.17) is 21.1 Å². The minimum absolute atomic E-state index is 0.0533. The molecule has 6 nitrogen and oxygen atoms in total. The zero-order chi connectivity index (χ0) is 23.3. The van der Waals surface area contributed by atoms with E-state index in [1.54, 1.807) is 4.90 Å². The minimum atomic E-state index is -0.471. The number of nitrogens with zero attached hydrogens (tertiary/aromatic N) is 1. The predicted molar refractivity (Wildman–Crippen MR) is 129 cm³/mol. The normalized spacial score (nSPS) is 14.2. The third kappa shape index (κ3) is 7.37. The molecule has 0 bridgehead atoms. The summed E-state index contributed by atoms with van der Waals surface area (Å²) in [4.78, 5) is 13.8. The molecule has 0 radical (unpaired) electrons. The lowest BCUT2D eigenvalue weighted by Gasteiger charge is -2.39. The van der Waals surface area contributed by atoms with Crippen molar-refractivity contribution in [2.24, 2.45) is 5.92 Å². The Morgan fingerprint density at radius 2 is 1.94 bits per heavy atom. The van der Waals surface area contributed by atoms with Gasteiger partial charge in [-0.15, -0.1) is 0 Å². The van der Waals surface area contributed by atoms with Crippen molar-refractivity contribution in [3.8, 4) is 5.75 Å². The molecule has 0 aromatic heterocycles. The first-order valence-corrected chi connectivity index (χ1v) is 11.8. The first-order valence-electron chi connectivity index (χ1n) is 10.6. The Morgan fingerprint density at radius 1 is 1.22 bits per heavy atom. The fourth-order valence-corrected chi connectivity index (χ4v) is 4.20. The van der Waals surface area contributed by atoms with Crippen LogP contribution in [-0.4, -0.2) is 41.3 Å². The number of likely N-dealkylation sites (tertiary alicyclic amines) is 1.